The number of hydrogen-bond acceptors (Lipinski definition) is 4. The average Bonchev–Trinajstić information content (AvgIpc) is 2.92. The van der Waals surface area contributed by atoms with Crippen LogP contribution in [0.1, 0.15) is 23.8 Å². The van der Waals surface area contributed by atoms with Gasteiger partial charge in [-0.25, -0.2) is 0 Å². The van der Waals surface area contributed by atoms with E-state index in [4.69, 9.17) is 16.3 Å². The lowest BCUT2D eigenvalue weighted by atomic mass is 10.2. The number of carbonyl (C=O) groups is 1. The van der Waals surface area contributed by atoms with Crippen LogP contribution in [-0.4, -0.2) is 27.9 Å². The lowest BCUT2D eigenvalue weighted by Gasteiger charge is -2.11. The molecule has 6 nitrogen and oxygen atoms in total. The smallest absolute Gasteiger partial charge is 0.277 e. The van der Waals surface area contributed by atoms with Gasteiger partial charge in [0.1, 0.15) is 5.75 Å². The number of hydrogen-bond donors (Lipinski definition) is 2. The molecule has 1 aromatic heterocycles. The minimum atomic E-state index is -0.377. The molecule has 0 radical (unpaired) electrons. The molecule has 0 unspecified atom stereocenters. The molecule has 0 bridgehead atoms. The Hall–Kier alpha value is -2.08. The Labute approximate surface area is 115 Å². The molecule has 0 saturated heterocycles. The van der Waals surface area contributed by atoms with Crippen molar-refractivity contribution >= 4 is 23.2 Å². The van der Waals surface area contributed by atoms with Gasteiger partial charge in [0.25, 0.3) is 5.91 Å². The molecule has 0 fully saturated rings. The summed E-state index contributed by atoms with van der Waals surface area (Å²) in [6.45, 7) is 2.57. The molecular formula is C12H13ClN4O2. The van der Waals surface area contributed by atoms with E-state index in [1.54, 1.807) is 18.2 Å². The van der Waals surface area contributed by atoms with Crippen molar-refractivity contribution in [3.63, 3.8) is 0 Å². The second kappa shape index (κ2) is 6.19. The Kier molecular flexibility index (Phi) is 4.35. The highest BCUT2D eigenvalue weighted by Crippen LogP contribution is 2.28. The van der Waals surface area contributed by atoms with E-state index in [1.807, 2.05) is 6.92 Å². The Morgan fingerprint density at radius 2 is 2.37 bits per heavy atom. The van der Waals surface area contributed by atoms with E-state index in [0.717, 1.165) is 6.42 Å². The number of aromatic amines is 1. The minimum Gasteiger partial charge on any atom is -0.491 e. The summed E-state index contributed by atoms with van der Waals surface area (Å²) in [5.74, 6) is 0.195. The van der Waals surface area contributed by atoms with Crippen LogP contribution in [0.4, 0.5) is 5.69 Å². The molecule has 1 heterocycles. The zero-order valence-corrected chi connectivity index (χ0v) is 11.1. The SMILES string of the molecule is CCCOc1ccc(Cl)cc1NC(=O)c1cn[nH]n1. The van der Waals surface area contributed by atoms with Crippen molar-refractivity contribution in [2.45, 2.75) is 13.3 Å². The minimum absolute atomic E-state index is 0.196. The Morgan fingerprint density at radius 1 is 1.53 bits per heavy atom. The van der Waals surface area contributed by atoms with Gasteiger partial charge < -0.3 is 10.1 Å². The van der Waals surface area contributed by atoms with Crippen LogP contribution >= 0.6 is 11.6 Å². The van der Waals surface area contributed by atoms with E-state index in [1.165, 1.54) is 6.20 Å². The summed E-state index contributed by atoms with van der Waals surface area (Å²) >= 11 is 5.92. The Balaban J connectivity index is 2.18. The molecule has 100 valence electrons. The van der Waals surface area contributed by atoms with E-state index in [9.17, 15) is 4.79 Å². The topological polar surface area (TPSA) is 79.9 Å². The summed E-state index contributed by atoms with van der Waals surface area (Å²) in [4.78, 5) is 11.9. The Bertz CT molecular complexity index is 557. The monoisotopic (exact) mass is 280 g/mol. The molecule has 0 saturated carbocycles. The fourth-order valence-corrected chi connectivity index (χ4v) is 1.61. The third-order valence-electron chi connectivity index (χ3n) is 2.30. The van der Waals surface area contributed by atoms with Gasteiger partial charge in [-0.1, -0.05) is 18.5 Å². The van der Waals surface area contributed by atoms with Crippen LogP contribution in [0.3, 0.4) is 0 Å². The number of aromatic nitrogens is 3. The zero-order valence-electron chi connectivity index (χ0n) is 10.3. The molecule has 7 heteroatoms. The maximum absolute atomic E-state index is 11.9. The summed E-state index contributed by atoms with van der Waals surface area (Å²) in [5, 5.41) is 12.9. The molecule has 2 N–H and O–H groups in total. The highest BCUT2D eigenvalue weighted by atomic mass is 35.5. The molecule has 2 rings (SSSR count). The summed E-state index contributed by atoms with van der Waals surface area (Å²) in [6, 6.07) is 5.05. The highest BCUT2D eigenvalue weighted by Gasteiger charge is 2.12. The molecule has 0 spiro atoms. The van der Waals surface area contributed by atoms with E-state index in [0.29, 0.717) is 23.1 Å². The number of H-pyrrole nitrogens is 1. The van der Waals surface area contributed by atoms with Crippen molar-refractivity contribution < 1.29 is 9.53 Å². The third-order valence-corrected chi connectivity index (χ3v) is 2.53. The van der Waals surface area contributed by atoms with Gasteiger partial charge >= 0.3 is 0 Å². The standard InChI is InChI=1S/C12H13ClN4O2/c1-2-5-19-11-4-3-8(13)6-9(11)15-12(18)10-7-14-17-16-10/h3-4,6-7H,2,5H2,1H3,(H,15,18)(H,14,16,17). The summed E-state index contributed by atoms with van der Waals surface area (Å²) in [6.07, 6.45) is 2.21. The number of benzene rings is 1. The van der Waals surface area contributed by atoms with Crippen LogP contribution < -0.4 is 10.1 Å². The third kappa shape index (κ3) is 3.45. The van der Waals surface area contributed by atoms with Crippen molar-refractivity contribution in [3.8, 4) is 5.75 Å². The number of amides is 1. The van der Waals surface area contributed by atoms with Crippen LogP contribution in [0.5, 0.6) is 5.75 Å². The summed E-state index contributed by atoms with van der Waals surface area (Å²) in [7, 11) is 0. The van der Waals surface area contributed by atoms with Crippen LogP contribution in [0.15, 0.2) is 24.4 Å². The van der Waals surface area contributed by atoms with Gasteiger partial charge in [0.2, 0.25) is 0 Å². The Morgan fingerprint density at radius 3 is 3.05 bits per heavy atom. The molecule has 19 heavy (non-hydrogen) atoms. The second-order valence-corrected chi connectivity index (χ2v) is 4.23. The fraction of sp³-hybridized carbons (Fsp3) is 0.250. The molecule has 1 aromatic carbocycles. The lowest BCUT2D eigenvalue weighted by molar-refractivity contribution is 0.102. The molecular weight excluding hydrogens is 268 g/mol. The van der Waals surface area contributed by atoms with Gasteiger partial charge in [-0.05, 0) is 24.6 Å². The van der Waals surface area contributed by atoms with Crippen molar-refractivity contribution in [1.82, 2.24) is 15.4 Å². The predicted molar refractivity (Wildman–Crippen MR) is 71.6 cm³/mol. The van der Waals surface area contributed by atoms with Crippen LogP contribution in [0.25, 0.3) is 0 Å². The number of rotatable bonds is 5. The molecule has 0 aliphatic rings. The molecule has 0 aliphatic heterocycles. The summed E-state index contributed by atoms with van der Waals surface area (Å²) in [5.41, 5.74) is 0.704. The molecule has 0 aliphatic carbocycles. The first-order valence-electron chi connectivity index (χ1n) is 5.80. The number of halogens is 1. The first-order valence-corrected chi connectivity index (χ1v) is 6.18. The van der Waals surface area contributed by atoms with Crippen LogP contribution in [0, 0.1) is 0 Å². The van der Waals surface area contributed by atoms with Gasteiger partial charge in [-0.2, -0.15) is 15.4 Å². The van der Waals surface area contributed by atoms with Gasteiger partial charge in [0.15, 0.2) is 5.69 Å². The number of ether oxygens (including phenoxy) is 1. The molecule has 2 aromatic rings. The number of anilines is 1. The number of nitrogens with zero attached hydrogens (tertiary/aromatic N) is 2. The van der Waals surface area contributed by atoms with Gasteiger partial charge in [-0.3, -0.25) is 4.79 Å². The van der Waals surface area contributed by atoms with Crippen LogP contribution in [-0.2, 0) is 0 Å². The van der Waals surface area contributed by atoms with Crippen LogP contribution in [0.2, 0.25) is 5.02 Å². The summed E-state index contributed by atoms with van der Waals surface area (Å²) < 4.78 is 5.54. The predicted octanol–water partition coefficient (Wildman–Crippen LogP) is 2.50. The van der Waals surface area contributed by atoms with Gasteiger partial charge in [0.05, 0.1) is 18.5 Å². The fourth-order valence-electron chi connectivity index (χ4n) is 1.44. The first kappa shape index (κ1) is 13.4. The maximum atomic E-state index is 11.9. The van der Waals surface area contributed by atoms with Crippen molar-refractivity contribution in [3.05, 3.63) is 35.1 Å². The quantitative estimate of drug-likeness (QED) is 0.882. The zero-order chi connectivity index (χ0) is 13.7. The second-order valence-electron chi connectivity index (χ2n) is 3.80. The van der Waals surface area contributed by atoms with Crippen molar-refractivity contribution in [2.75, 3.05) is 11.9 Å². The van der Waals surface area contributed by atoms with Gasteiger partial charge in [-0.15, -0.1) is 0 Å². The highest BCUT2D eigenvalue weighted by molar-refractivity contribution is 6.31. The van der Waals surface area contributed by atoms with E-state index < -0.39 is 0 Å². The van der Waals surface area contributed by atoms with E-state index in [-0.39, 0.29) is 11.6 Å². The average molecular weight is 281 g/mol. The number of carbonyl (C=O) groups excluding carboxylic acids is 1. The molecule has 0 atom stereocenters. The number of nitrogens with one attached hydrogen (secondary N) is 2. The van der Waals surface area contributed by atoms with E-state index in [2.05, 4.69) is 20.7 Å². The maximum Gasteiger partial charge on any atom is 0.277 e. The normalized spacial score (nSPS) is 10.2. The van der Waals surface area contributed by atoms with Gasteiger partial charge in [0, 0.05) is 5.02 Å². The molecule has 1 amide bonds. The van der Waals surface area contributed by atoms with E-state index >= 15 is 0 Å². The first-order chi connectivity index (χ1) is 9.20. The van der Waals surface area contributed by atoms with Crippen molar-refractivity contribution in [1.29, 1.82) is 0 Å². The van der Waals surface area contributed by atoms with Crippen molar-refractivity contribution in [2.24, 2.45) is 0 Å². The largest absolute Gasteiger partial charge is 0.491 e. The lowest BCUT2D eigenvalue weighted by Crippen LogP contribution is -2.13.